The Hall–Kier alpha value is -1.24. The molecule has 3 rings (SSSR count). The fraction of sp³-hybridized carbons (Fsp3) is 0.500. The molecular weight excluding hydrogens is 206 g/mol. The van der Waals surface area contributed by atoms with Crippen molar-refractivity contribution < 1.29 is 0 Å². The average Bonchev–Trinajstić information content (AvgIpc) is 2.65. The molecule has 1 aromatic heterocycles. The lowest BCUT2D eigenvalue weighted by Crippen LogP contribution is -2.10. The maximum atomic E-state index is 2.54. The lowest BCUT2D eigenvalue weighted by molar-refractivity contribution is 0.564. The first-order valence-corrected chi connectivity index (χ1v) is 6.84. The van der Waals surface area contributed by atoms with Crippen molar-refractivity contribution in [3.63, 3.8) is 0 Å². The van der Waals surface area contributed by atoms with Crippen LogP contribution in [0, 0.1) is 6.92 Å². The highest BCUT2D eigenvalue weighted by atomic mass is 15.0. The van der Waals surface area contributed by atoms with Gasteiger partial charge in [0.15, 0.2) is 0 Å². The summed E-state index contributed by atoms with van der Waals surface area (Å²) in [4.78, 5) is 0. The van der Waals surface area contributed by atoms with Crippen molar-refractivity contribution in [2.24, 2.45) is 0 Å². The highest BCUT2D eigenvalue weighted by Crippen LogP contribution is 2.40. The van der Waals surface area contributed by atoms with Gasteiger partial charge in [-0.05, 0) is 56.2 Å². The van der Waals surface area contributed by atoms with Crippen LogP contribution in [0.1, 0.15) is 49.4 Å². The van der Waals surface area contributed by atoms with E-state index in [1.165, 1.54) is 35.7 Å². The molecule has 0 radical (unpaired) electrons. The van der Waals surface area contributed by atoms with Crippen LogP contribution in [0.2, 0.25) is 0 Å². The third-order valence-corrected chi connectivity index (χ3v) is 4.31. The summed E-state index contributed by atoms with van der Waals surface area (Å²) in [6.07, 6.45) is 3.97. The fourth-order valence-electron chi connectivity index (χ4n) is 3.54. The molecule has 1 nitrogen and oxygen atoms in total. The quantitative estimate of drug-likeness (QED) is 0.680. The Labute approximate surface area is 103 Å². The van der Waals surface area contributed by atoms with E-state index in [0.29, 0.717) is 0 Å². The zero-order valence-corrected chi connectivity index (χ0v) is 11.1. The molecule has 0 bridgehead atoms. The first-order chi connectivity index (χ1) is 8.24. The molecule has 1 unspecified atom stereocenters. The van der Waals surface area contributed by atoms with Crippen molar-refractivity contribution in [2.75, 3.05) is 0 Å². The van der Waals surface area contributed by atoms with Crippen molar-refractivity contribution in [2.45, 2.75) is 52.5 Å². The van der Waals surface area contributed by atoms with Crippen molar-refractivity contribution >= 4 is 10.9 Å². The molecule has 1 atom stereocenters. The van der Waals surface area contributed by atoms with Crippen molar-refractivity contribution in [1.82, 2.24) is 4.57 Å². The number of benzene rings is 1. The molecule has 90 valence electrons. The van der Waals surface area contributed by atoms with Crippen LogP contribution in [0.15, 0.2) is 18.2 Å². The van der Waals surface area contributed by atoms with E-state index in [1.54, 1.807) is 11.3 Å². The van der Waals surface area contributed by atoms with Gasteiger partial charge >= 0.3 is 0 Å². The van der Waals surface area contributed by atoms with Crippen LogP contribution in [0.5, 0.6) is 0 Å². The monoisotopic (exact) mass is 227 g/mol. The van der Waals surface area contributed by atoms with E-state index in [2.05, 4.69) is 43.5 Å². The van der Waals surface area contributed by atoms with Gasteiger partial charge in [-0.15, -0.1) is 0 Å². The highest BCUT2D eigenvalue weighted by Gasteiger charge is 2.24. The molecule has 0 fully saturated rings. The average molecular weight is 227 g/mol. The van der Waals surface area contributed by atoms with Gasteiger partial charge in [0.1, 0.15) is 0 Å². The Morgan fingerprint density at radius 1 is 1.35 bits per heavy atom. The Kier molecular flexibility index (Phi) is 2.50. The SMILES string of the molecule is CCn1c2c(c3c(C)cccc31)C(C)CCC2. The predicted octanol–water partition coefficient (Wildman–Crippen LogP) is 4.41. The van der Waals surface area contributed by atoms with Crippen LogP contribution >= 0.6 is 0 Å². The second kappa shape index (κ2) is 3.90. The summed E-state index contributed by atoms with van der Waals surface area (Å²) < 4.78 is 2.54. The smallest absolute Gasteiger partial charge is 0.0488 e. The van der Waals surface area contributed by atoms with Crippen LogP contribution in [0.4, 0.5) is 0 Å². The number of aromatic nitrogens is 1. The van der Waals surface area contributed by atoms with E-state index in [-0.39, 0.29) is 0 Å². The summed E-state index contributed by atoms with van der Waals surface area (Å²) >= 11 is 0. The molecule has 0 N–H and O–H groups in total. The minimum Gasteiger partial charge on any atom is -0.345 e. The largest absolute Gasteiger partial charge is 0.345 e. The van der Waals surface area contributed by atoms with E-state index in [0.717, 1.165) is 12.5 Å². The first kappa shape index (κ1) is 10.9. The molecule has 2 aromatic rings. The maximum absolute atomic E-state index is 2.54. The Morgan fingerprint density at radius 3 is 2.94 bits per heavy atom. The van der Waals surface area contributed by atoms with Crippen molar-refractivity contribution in [3.8, 4) is 0 Å². The molecule has 0 saturated carbocycles. The van der Waals surface area contributed by atoms with Gasteiger partial charge in [-0.2, -0.15) is 0 Å². The summed E-state index contributed by atoms with van der Waals surface area (Å²) in [5, 5.41) is 1.54. The van der Waals surface area contributed by atoms with E-state index < -0.39 is 0 Å². The molecule has 1 heteroatoms. The number of hydrogen-bond donors (Lipinski definition) is 0. The summed E-state index contributed by atoms with van der Waals surface area (Å²) in [6.45, 7) is 8.01. The van der Waals surface area contributed by atoms with Gasteiger partial charge in [-0.1, -0.05) is 19.1 Å². The molecule has 0 amide bonds. The summed E-state index contributed by atoms with van der Waals surface area (Å²) in [5.74, 6) is 0.732. The number of nitrogens with zero attached hydrogens (tertiary/aromatic N) is 1. The van der Waals surface area contributed by atoms with Gasteiger partial charge in [0.25, 0.3) is 0 Å². The standard InChI is InChI=1S/C16H21N/c1-4-17-13-9-5-7-11(2)15(13)16-12(3)8-6-10-14(16)17/h5,7,9,12H,4,6,8,10H2,1-3H3. The molecule has 0 saturated heterocycles. The number of aryl methyl sites for hydroxylation is 2. The van der Waals surface area contributed by atoms with Crippen LogP contribution < -0.4 is 0 Å². The Morgan fingerprint density at radius 2 is 2.18 bits per heavy atom. The molecule has 1 heterocycles. The van der Waals surface area contributed by atoms with Gasteiger partial charge in [0.05, 0.1) is 0 Å². The van der Waals surface area contributed by atoms with Gasteiger partial charge in [0, 0.05) is 23.1 Å². The molecule has 17 heavy (non-hydrogen) atoms. The highest BCUT2D eigenvalue weighted by molar-refractivity contribution is 5.89. The van der Waals surface area contributed by atoms with Crippen LogP contribution in [0.3, 0.4) is 0 Å². The molecule has 1 aliphatic rings. The first-order valence-electron chi connectivity index (χ1n) is 6.84. The zero-order chi connectivity index (χ0) is 12.0. The number of fused-ring (bicyclic) bond motifs is 3. The summed E-state index contributed by atoms with van der Waals surface area (Å²) in [6, 6.07) is 6.74. The molecule has 1 aromatic carbocycles. The van der Waals surface area contributed by atoms with Crippen LogP contribution in [-0.2, 0) is 13.0 Å². The molecule has 0 spiro atoms. The maximum Gasteiger partial charge on any atom is 0.0488 e. The van der Waals surface area contributed by atoms with Gasteiger partial charge < -0.3 is 4.57 Å². The third kappa shape index (κ3) is 1.45. The summed E-state index contributed by atoms with van der Waals surface area (Å²) in [7, 11) is 0. The molecular formula is C16H21N. The van der Waals surface area contributed by atoms with E-state index >= 15 is 0 Å². The van der Waals surface area contributed by atoms with Crippen LogP contribution in [-0.4, -0.2) is 4.57 Å². The lowest BCUT2D eigenvalue weighted by Gasteiger charge is -2.21. The van der Waals surface area contributed by atoms with Gasteiger partial charge in [-0.25, -0.2) is 0 Å². The van der Waals surface area contributed by atoms with Crippen molar-refractivity contribution in [1.29, 1.82) is 0 Å². The number of rotatable bonds is 1. The third-order valence-electron chi connectivity index (χ3n) is 4.31. The molecule has 1 aliphatic carbocycles. The zero-order valence-electron chi connectivity index (χ0n) is 11.1. The Bertz CT molecular complexity index is 562. The number of hydrogen-bond acceptors (Lipinski definition) is 0. The van der Waals surface area contributed by atoms with Gasteiger partial charge in [-0.3, -0.25) is 0 Å². The van der Waals surface area contributed by atoms with Crippen LogP contribution in [0.25, 0.3) is 10.9 Å². The minimum absolute atomic E-state index is 0.732. The van der Waals surface area contributed by atoms with Gasteiger partial charge in [0.2, 0.25) is 0 Å². The Balaban J connectivity index is 2.43. The van der Waals surface area contributed by atoms with E-state index in [9.17, 15) is 0 Å². The normalized spacial score (nSPS) is 19.6. The summed E-state index contributed by atoms with van der Waals surface area (Å²) in [5.41, 5.74) is 6.15. The lowest BCUT2D eigenvalue weighted by atomic mass is 9.85. The second-order valence-electron chi connectivity index (χ2n) is 5.37. The second-order valence-corrected chi connectivity index (χ2v) is 5.37. The van der Waals surface area contributed by atoms with E-state index in [1.807, 2.05) is 0 Å². The fourth-order valence-corrected chi connectivity index (χ4v) is 3.54. The minimum atomic E-state index is 0.732. The van der Waals surface area contributed by atoms with Crippen molar-refractivity contribution in [3.05, 3.63) is 35.0 Å². The topological polar surface area (TPSA) is 4.93 Å². The molecule has 0 aliphatic heterocycles. The predicted molar refractivity (Wildman–Crippen MR) is 73.7 cm³/mol. The van der Waals surface area contributed by atoms with E-state index in [4.69, 9.17) is 0 Å².